The van der Waals surface area contributed by atoms with Gasteiger partial charge in [-0.1, -0.05) is 44.2 Å². The van der Waals surface area contributed by atoms with Gasteiger partial charge in [-0.3, -0.25) is 4.79 Å². The van der Waals surface area contributed by atoms with E-state index in [4.69, 9.17) is 0 Å². The van der Waals surface area contributed by atoms with E-state index in [2.05, 4.69) is 34.1 Å². The van der Waals surface area contributed by atoms with Crippen LogP contribution in [0.1, 0.15) is 25.3 Å². The molecule has 0 unspecified atom stereocenters. The first-order valence-corrected chi connectivity index (χ1v) is 9.80. The van der Waals surface area contributed by atoms with Crippen molar-refractivity contribution < 1.29 is 4.79 Å². The summed E-state index contributed by atoms with van der Waals surface area (Å²) in [5.41, 5.74) is 6.10. The number of amides is 1. The van der Waals surface area contributed by atoms with Gasteiger partial charge < -0.3 is 10.3 Å². The summed E-state index contributed by atoms with van der Waals surface area (Å²) in [5, 5.41) is 5.01. The second kappa shape index (κ2) is 7.32. The molecular formula is C21H20N4OS. The van der Waals surface area contributed by atoms with Crippen LogP contribution in [0.15, 0.2) is 59.4 Å². The predicted octanol–water partition coefficient (Wildman–Crippen LogP) is 5.06. The Bertz CT molecular complexity index is 1050. The number of aromatic nitrogens is 3. The van der Waals surface area contributed by atoms with E-state index in [-0.39, 0.29) is 17.7 Å². The van der Waals surface area contributed by atoms with E-state index in [1.807, 2.05) is 53.9 Å². The first-order valence-electron chi connectivity index (χ1n) is 8.86. The lowest BCUT2D eigenvalue weighted by Crippen LogP contribution is -2.25. The van der Waals surface area contributed by atoms with Gasteiger partial charge in [0.1, 0.15) is 5.69 Å². The number of nitrogens with one attached hydrogen (secondary N) is 2. The molecule has 0 aliphatic heterocycles. The van der Waals surface area contributed by atoms with Crippen molar-refractivity contribution in [2.45, 2.75) is 19.8 Å². The van der Waals surface area contributed by atoms with Crippen LogP contribution in [0.25, 0.3) is 22.6 Å². The number of fused-ring (bicyclic) bond motifs is 1. The average molecular weight is 376 g/mol. The lowest BCUT2D eigenvalue weighted by Gasteiger charge is -2.20. The number of aromatic amines is 1. The summed E-state index contributed by atoms with van der Waals surface area (Å²) in [6.45, 7) is 4.13. The van der Waals surface area contributed by atoms with E-state index in [9.17, 15) is 4.79 Å². The molecule has 0 aliphatic carbocycles. The van der Waals surface area contributed by atoms with Crippen LogP contribution < -0.4 is 5.32 Å². The molecule has 5 nitrogen and oxygen atoms in total. The van der Waals surface area contributed by atoms with E-state index >= 15 is 0 Å². The van der Waals surface area contributed by atoms with Crippen molar-refractivity contribution in [1.29, 1.82) is 0 Å². The molecule has 4 aromatic rings. The van der Waals surface area contributed by atoms with Gasteiger partial charge in [-0.25, -0.2) is 9.97 Å². The van der Waals surface area contributed by atoms with Gasteiger partial charge in [0.25, 0.3) is 0 Å². The van der Waals surface area contributed by atoms with Crippen molar-refractivity contribution >= 4 is 34.0 Å². The highest BCUT2D eigenvalue weighted by Crippen LogP contribution is 2.27. The number of carbonyl (C=O) groups is 1. The highest BCUT2D eigenvalue weighted by molar-refractivity contribution is 7.07. The minimum Gasteiger partial charge on any atom is -0.337 e. The maximum absolute atomic E-state index is 12.9. The van der Waals surface area contributed by atoms with Crippen LogP contribution in [0, 0.1) is 5.92 Å². The summed E-state index contributed by atoms with van der Waals surface area (Å²) in [6.07, 6.45) is 0. The molecule has 0 saturated carbocycles. The van der Waals surface area contributed by atoms with E-state index in [1.54, 1.807) is 5.51 Å². The first kappa shape index (κ1) is 17.4. The number of anilines is 1. The molecular weight excluding hydrogens is 356 g/mol. The van der Waals surface area contributed by atoms with Crippen LogP contribution in [-0.4, -0.2) is 20.9 Å². The lowest BCUT2D eigenvalue weighted by molar-refractivity contribution is -0.118. The maximum Gasteiger partial charge on any atom is 0.232 e. The maximum atomic E-state index is 12.9. The molecule has 136 valence electrons. The Kier molecular flexibility index (Phi) is 4.73. The summed E-state index contributed by atoms with van der Waals surface area (Å²) in [7, 11) is 0. The van der Waals surface area contributed by atoms with Gasteiger partial charge in [0.2, 0.25) is 5.91 Å². The van der Waals surface area contributed by atoms with Gasteiger partial charge in [-0.05, 0) is 29.7 Å². The van der Waals surface area contributed by atoms with Gasteiger partial charge in [0.15, 0.2) is 5.82 Å². The fourth-order valence-corrected chi connectivity index (χ4v) is 3.79. The number of thiazole rings is 1. The molecule has 0 fully saturated rings. The summed E-state index contributed by atoms with van der Waals surface area (Å²) in [6, 6.07) is 15.6. The molecule has 0 aliphatic rings. The Morgan fingerprint density at radius 3 is 2.67 bits per heavy atom. The Hall–Kier alpha value is -2.99. The van der Waals surface area contributed by atoms with Crippen LogP contribution in [0.2, 0.25) is 0 Å². The predicted molar refractivity (Wildman–Crippen MR) is 110 cm³/mol. The molecule has 2 N–H and O–H groups in total. The van der Waals surface area contributed by atoms with E-state index in [0.717, 1.165) is 33.8 Å². The Morgan fingerprint density at radius 2 is 1.96 bits per heavy atom. The molecule has 2 heterocycles. The number of imidazole rings is 1. The average Bonchev–Trinajstić information content (AvgIpc) is 3.31. The third-order valence-electron chi connectivity index (χ3n) is 4.53. The number of hydrogen-bond acceptors (Lipinski definition) is 4. The molecule has 6 heteroatoms. The molecule has 27 heavy (non-hydrogen) atoms. The molecule has 4 rings (SSSR count). The summed E-state index contributed by atoms with van der Waals surface area (Å²) in [5.74, 6) is 0.725. The number of rotatable bonds is 5. The van der Waals surface area contributed by atoms with E-state index < -0.39 is 0 Å². The van der Waals surface area contributed by atoms with Crippen molar-refractivity contribution in [2.24, 2.45) is 5.92 Å². The molecule has 0 spiro atoms. The van der Waals surface area contributed by atoms with Crippen LogP contribution in [-0.2, 0) is 4.79 Å². The molecule has 1 amide bonds. The van der Waals surface area contributed by atoms with Crippen molar-refractivity contribution in [3.63, 3.8) is 0 Å². The second-order valence-corrected chi connectivity index (χ2v) is 7.53. The fourth-order valence-electron chi connectivity index (χ4n) is 3.26. The summed E-state index contributed by atoms with van der Waals surface area (Å²) < 4.78 is 0. The highest BCUT2D eigenvalue weighted by atomic mass is 32.1. The topological polar surface area (TPSA) is 70.7 Å². The van der Waals surface area contributed by atoms with Crippen molar-refractivity contribution in [3.8, 4) is 11.5 Å². The van der Waals surface area contributed by atoms with Gasteiger partial charge in [0.05, 0.1) is 22.5 Å². The van der Waals surface area contributed by atoms with Crippen LogP contribution >= 0.6 is 11.3 Å². The largest absolute Gasteiger partial charge is 0.337 e. The lowest BCUT2D eigenvalue weighted by atomic mass is 9.87. The zero-order valence-corrected chi connectivity index (χ0v) is 16.0. The minimum atomic E-state index is -0.200. The standard InChI is InChI=1S/C21H20N4OS/c1-13(2)19(14-6-4-3-5-7-14)21(26)23-15-8-9-16-17(10-15)25-20(24-16)18-11-27-12-22-18/h3-13,19H,1-2H3,(H,23,26)(H,24,25)/t19-/m1/s1. The van der Waals surface area contributed by atoms with Crippen LogP contribution in [0.3, 0.4) is 0 Å². The van der Waals surface area contributed by atoms with Gasteiger partial charge in [0, 0.05) is 11.1 Å². The van der Waals surface area contributed by atoms with Gasteiger partial charge >= 0.3 is 0 Å². The fraction of sp³-hybridized carbons (Fsp3) is 0.190. The monoisotopic (exact) mass is 376 g/mol. The van der Waals surface area contributed by atoms with Crippen LogP contribution in [0.5, 0.6) is 0 Å². The number of carbonyl (C=O) groups excluding carboxylic acids is 1. The zero-order valence-electron chi connectivity index (χ0n) is 15.1. The third-order valence-corrected chi connectivity index (χ3v) is 5.12. The van der Waals surface area contributed by atoms with Crippen molar-refractivity contribution in [1.82, 2.24) is 15.0 Å². The number of benzene rings is 2. The zero-order chi connectivity index (χ0) is 18.8. The minimum absolute atomic E-state index is 0.00482. The molecule has 0 radical (unpaired) electrons. The molecule has 0 bridgehead atoms. The van der Waals surface area contributed by atoms with Crippen molar-refractivity contribution in [3.05, 3.63) is 65.0 Å². The Labute approximate surface area is 161 Å². The summed E-state index contributed by atoms with van der Waals surface area (Å²) in [4.78, 5) is 25.1. The number of nitrogens with zero attached hydrogens (tertiary/aromatic N) is 2. The number of H-pyrrole nitrogens is 1. The van der Waals surface area contributed by atoms with Crippen molar-refractivity contribution in [2.75, 3.05) is 5.32 Å². The third kappa shape index (κ3) is 3.61. The van der Waals surface area contributed by atoms with Gasteiger partial charge in [-0.2, -0.15) is 0 Å². The second-order valence-electron chi connectivity index (χ2n) is 6.81. The van der Waals surface area contributed by atoms with Gasteiger partial charge in [-0.15, -0.1) is 11.3 Å². The SMILES string of the molecule is CC(C)[C@@H](C(=O)Nc1ccc2nc(-c3cscn3)[nH]c2c1)c1ccccc1. The van der Waals surface area contributed by atoms with E-state index in [1.165, 1.54) is 11.3 Å². The number of hydrogen-bond donors (Lipinski definition) is 2. The first-order chi connectivity index (χ1) is 13.1. The molecule has 0 saturated heterocycles. The van der Waals surface area contributed by atoms with Crippen LogP contribution in [0.4, 0.5) is 5.69 Å². The van der Waals surface area contributed by atoms with E-state index in [0.29, 0.717) is 0 Å². The highest BCUT2D eigenvalue weighted by Gasteiger charge is 2.24. The Morgan fingerprint density at radius 1 is 1.15 bits per heavy atom. The quantitative estimate of drug-likeness (QED) is 0.511. The molecule has 2 aromatic carbocycles. The molecule has 2 aromatic heterocycles. The normalized spacial score (nSPS) is 12.4. The smallest absolute Gasteiger partial charge is 0.232 e. The Balaban J connectivity index is 1.59. The summed E-state index contributed by atoms with van der Waals surface area (Å²) >= 11 is 1.53. The molecule has 1 atom stereocenters.